The van der Waals surface area contributed by atoms with Gasteiger partial charge in [0.25, 0.3) is 5.91 Å². The van der Waals surface area contributed by atoms with Crippen molar-refractivity contribution in [1.29, 1.82) is 0 Å². The van der Waals surface area contributed by atoms with Crippen LogP contribution in [0.5, 0.6) is 0 Å². The van der Waals surface area contributed by atoms with Crippen molar-refractivity contribution in [3.63, 3.8) is 0 Å². The molecule has 4 heterocycles. The highest BCUT2D eigenvalue weighted by Crippen LogP contribution is 2.39. The topological polar surface area (TPSA) is 72.3 Å². The molecule has 3 aromatic rings. The Labute approximate surface area is 168 Å². The first-order valence-corrected chi connectivity index (χ1v) is 10.0. The number of pyridine rings is 1. The number of thiophene rings is 1. The number of nitrogens with one attached hydrogen (secondary N) is 1. The zero-order valence-corrected chi connectivity index (χ0v) is 17.0. The van der Waals surface area contributed by atoms with E-state index < -0.39 is 0 Å². The maximum absolute atomic E-state index is 13.0. The lowest BCUT2D eigenvalue weighted by Crippen LogP contribution is -2.35. The van der Waals surface area contributed by atoms with Crippen LogP contribution in [0.2, 0.25) is 0 Å². The Balaban J connectivity index is 1.69. The molecule has 1 aliphatic rings. The number of rotatable bonds is 4. The van der Waals surface area contributed by atoms with Gasteiger partial charge in [-0.1, -0.05) is 6.07 Å². The van der Waals surface area contributed by atoms with Crippen molar-refractivity contribution in [3.05, 3.63) is 46.9 Å². The summed E-state index contributed by atoms with van der Waals surface area (Å²) in [5.41, 5.74) is 4.56. The first-order chi connectivity index (χ1) is 13.5. The molecule has 0 radical (unpaired) electrons. The lowest BCUT2D eigenvalue weighted by atomic mass is 10.1. The maximum atomic E-state index is 13.0. The van der Waals surface area contributed by atoms with Crippen molar-refractivity contribution in [1.82, 2.24) is 14.8 Å². The molecule has 3 aromatic heterocycles. The number of ether oxygens (including phenoxy) is 1. The van der Waals surface area contributed by atoms with E-state index in [-0.39, 0.29) is 5.91 Å². The fourth-order valence-electron chi connectivity index (χ4n) is 3.35. The van der Waals surface area contributed by atoms with Crippen LogP contribution in [0.25, 0.3) is 11.1 Å². The molecule has 0 spiro atoms. The van der Waals surface area contributed by atoms with Gasteiger partial charge in [0, 0.05) is 43.7 Å². The molecule has 146 valence electrons. The third-order valence-electron chi connectivity index (χ3n) is 4.95. The number of carbonyl (C=O) groups excluding carboxylic acids is 1. The Morgan fingerprint density at radius 3 is 2.71 bits per heavy atom. The molecule has 0 saturated carbocycles. The van der Waals surface area contributed by atoms with E-state index in [9.17, 15) is 4.79 Å². The number of morpholine rings is 1. The van der Waals surface area contributed by atoms with Crippen LogP contribution >= 0.6 is 11.3 Å². The van der Waals surface area contributed by atoms with Crippen LogP contribution in [-0.4, -0.2) is 47.0 Å². The van der Waals surface area contributed by atoms with Gasteiger partial charge in [0.2, 0.25) is 0 Å². The Bertz CT molecular complexity index is 990. The van der Waals surface area contributed by atoms with Crippen molar-refractivity contribution in [2.24, 2.45) is 7.05 Å². The van der Waals surface area contributed by atoms with Crippen LogP contribution in [0.4, 0.5) is 10.7 Å². The molecule has 0 unspecified atom stereocenters. The largest absolute Gasteiger partial charge is 0.378 e. The van der Waals surface area contributed by atoms with Gasteiger partial charge in [0.05, 0.1) is 40.2 Å². The minimum atomic E-state index is -0.117. The van der Waals surface area contributed by atoms with Crippen LogP contribution in [0.1, 0.15) is 21.1 Å². The maximum Gasteiger partial charge on any atom is 0.265 e. The molecule has 1 fully saturated rings. The molecule has 0 atom stereocenters. The number of aromatic nitrogens is 3. The summed E-state index contributed by atoms with van der Waals surface area (Å²) < 4.78 is 7.27. The van der Waals surface area contributed by atoms with Crippen LogP contribution in [0, 0.1) is 13.8 Å². The summed E-state index contributed by atoms with van der Waals surface area (Å²) >= 11 is 1.51. The predicted octanol–water partition coefficient (Wildman–Crippen LogP) is 3.25. The lowest BCUT2D eigenvalue weighted by Gasteiger charge is -2.28. The van der Waals surface area contributed by atoms with E-state index in [1.54, 1.807) is 10.9 Å². The average molecular weight is 398 g/mol. The molecule has 0 aromatic carbocycles. The molecule has 1 aliphatic heterocycles. The second-order valence-electron chi connectivity index (χ2n) is 6.79. The van der Waals surface area contributed by atoms with Gasteiger partial charge in [-0.05, 0) is 26.0 Å². The van der Waals surface area contributed by atoms with Crippen LogP contribution in [0.3, 0.4) is 0 Å². The summed E-state index contributed by atoms with van der Waals surface area (Å²) in [4.78, 5) is 20.2. The number of carbonyl (C=O) groups is 1. The molecular weight excluding hydrogens is 374 g/mol. The van der Waals surface area contributed by atoms with Gasteiger partial charge in [-0.25, -0.2) is 0 Å². The van der Waals surface area contributed by atoms with Crippen molar-refractivity contribution < 1.29 is 9.53 Å². The van der Waals surface area contributed by atoms with Gasteiger partial charge in [0.15, 0.2) is 0 Å². The summed E-state index contributed by atoms with van der Waals surface area (Å²) in [6.45, 7) is 6.87. The van der Waals surface area contributed by atoms with E-state index in [0.29, 0.717) is 18.1 Å². The standard InChI is InChI=1S/C20H23N5O2S/c1-13-18(14(2)24(3)23-13)22-19(26)17-11-16(15-5-4-6-21-12-15)20(28-17)25-7-9-27-10-8-25/h4-6,11-12H,7-10H2,1-3H3,(H,22,26). The Morgan fingerprint density at radius 1 is 1.29 bits per heavy atom. The molecule has 8 heteroatoms. The molecule has 1 saturated heterocycles. The average Bonchev–Trinajstić information content (AvgIpc) is 3.27. The van der Waals surface area contributed by atoms with Gasteiger partial charge in [-0.15, -0.1) is 11.3 Å². The van der Waals surface area contributed by atoms with Crippen molar-refractivity contribution in [3.8, 4) is 11.1 Å². The Morgan fingerprint density at radius 2 is 2.07 bits per heavy atom. The lowest BCUT2D eigenvalue weighted by molar-refractivity contribution is 0.103. The fraction of sp³-hybridized carbons (Fsp3) is 0.350. The number of anilines is 2. The molecule has 0 aliphatic carbocycles. The zero-order valence-electron chi connectivity index (χ0n) is 16.2. The van der Waals surface area contributed by atoms with Gasteiger partial charge in [-0.2, -0.15) is 5.10 Å². The number of hydrogen-bond acceptors (Lipinski definition) is 6. The second kappa shape index (κ2) is 7.73. The SMILES string of the molecule is Cc1nn(C)c(C)c1NC(=O)c1cc(-c2cccnc2)c(N2CCOCC2)s1. The van der Waals surface area contributed by atoms with Crippen LogP contribution in [-0.2, 0) is 11.8 Å². The Hall–Kier alpha value is -2.71. The van der Waals surface area contributed by atoms with E-state index in [1.807, 2.05) is 45.3 Å². The molecule has 0 bridgehead atoms. The molecule has 7 nitrogen and oxygen atoms in total. The monoisotopic (exact) mass is 397 g/mol. The minimum Gasteiger partial charge on any atom is -0.378 e. The second-order valence-corrected chi connectivity index (χ2v) is 7.82. The fourth-order valence-corrected chi connectivity index (χ4v) is 4.48. The highest BCUT2D eigenvalue weighted by Gasteiger charge is 2.23. The third-order valence-corrected chi connectivity index (χ3v) is 6.15. The minimum absolute atomic E-state index is 0.117. The molecular formula is C20H23N5O2S. The van der Waals surface area contributed by atoms with Crippen molar-refractivity contribution >= 4 is 27.9 Å². The molecule has 1 N–H and O–H groups in total. The van der Waals surface area contributed by atoms with Crippen molar-refractivity contribution in [2.75, 3.05) is 36.5 Å². The number of amides is 1. The number of nitrogens with zero attached hydrogens (tertiary/aromatic N) is 4. The molecule has 4 rings (SSSR count). The quantitative estimate of drug-likeness (QED) is 0.732. The van der Waals surface area contributed by atoms with E-state index in [0.717, 1.165) is 46.3 Å². The summed E-state index contributed by atoms with van der Waals surface area (Å²) in [6.07, 6.45) is 3.59. The third kappa shape index (κ3) is 3.53. The highest BCUT2D eigenvalue weighted by atomic mass is 32.1. The number of hydrogen-bond donors (Lipinski definition) is 1. The molecule has 1 amide bonds. The summed E-state index contributed by atoms with van der Waals surface area (Å²) in [7, 11) is 1.88. The predicted molar refractivity (Wildman–Crippen MR) is 111 cm³/mol. The van der Waals surface area contributed by atoms with Gasteiger partial charge >= 0.3 is 0 Å². The van der Waals surface area contributed by atoms with Gasteiger partial charge < -0.3 is 15.0 Å². The Kier molecular flexibility index (Phi) is 5.15. The summed E-state index contributed by atoms with van der Waals surface area (Å²) in [6, 6.07) is 5.90. The van der Waals surface area contributed by atoms with E-state index >= 15 is 0 Å². The van der Waals surface area contributed by atoms with Crippen molar-refractivity contribution in [2.45, 2.75) is 13.8 Å². The van der Waals surface area contributed by atoms with E-state index in [1.165, 1.54) is 11.3 Å². The van der Waals surface area contributed by atoms with E-state index in [4.69, 9.17) is 4.74 Å². The highest BCUT2D eigenvalue weighted by molar-refractivity contribution is 7.18. The van der Waals surface area contributed by atoms with Gasteiger partial charge in [0.1, 0.15) is 0 Å². The first kappa shape index (κ1) is 18.6. The van der Waals surface area contributed by atoms with Gasteiger partial charge in [-0.3, -0.25) is 14.5 Å². The first-order valence-electron chi connectivity index (χ1n) is 9.23. The van der Waals surface area contributed by atoms with Crippen LogP contribution in [0.15, 0.2) is 30.6 Å². The smallest absolute Gasteiger partial charge is 0.265 e. The molecule has 28 heavy (non-hydrogen) atoms. The van der Waals surface area contributed by atoms with E-state index in [2.05, 4.69) is 20.3 Å². The normalized spacial score (nSPS) is 14.3. The zero-order chi connectivity index (χ0) is 19.7. The summed E-state index contributed by atoms with van der Waals surface area (Å²) in [5, 5.41) is 8.50. The van der Waals surface area contributed by atoms with Crippen LogP contribution < -0.4 is 10.2 Å². The number of aryl methyl sites for hydroxylation is 2. The summed E-state index contributed by atoms with van der Waals surface area (Å²) in [5.74, 6) is -0.117.